The van der Waals surface area contributed by atoms with E-state index in [2.05, 4.69) is 58.1 Å². The van der Waals surface area contributed by atoms with Crippen LogP contribution in [0.25, 0.3) is 5.69 Å². The highest BCUT2D eigenvalue weighted by Gasteiger charge is 2.10. The summed E-state index contributed by atoms with van der Waals surface area (Å²) in [4.78, 5) is 14.7. The van der Waals surface area contributed by atoms with Crippen molar-refractivity contribution in [1.29, 1.82) is 0 Å². The summed E-state index contributed by atoms with van der Waals surface area (Å²) >= 11 is 0. The predicted molar refractivity (Wildman–Crippen MR) is 120 cm³/mol. The molecule has 1 fully saturated rings. The second-order valence-corrected chi connectivity index (χ2v) is 7.39. The van der Waals surface area contributed by atoms with E-state index in [0.29, 0.717) is 5.56 Å². The summed E-state index contributed by atoms with van der Waals surface area (Å²) in [6.45, 7) is 7.48. The Morgan fingerprint density at radius 2 is 1.50 bits per heavy atom. The number of hydrogen-bond donors (Lipinski definition) is 1. The standard InChI is InChI=1S/C24H26N4O2/c1-18-3-4-19(2)28(18)23-11-7-21(8-12-23)24(29)26-25-17-20-5-9-22(10-6-20)27-13-15-30-16-14-27/h3-12,17H,13-16H2,1-2H3,(H,26,29)/b25-17+. The van der Waals surface area contributed by atoms with Gasteiger partial charge in [0.15, 0.2) is 0 Å². The van der Waals surface area contributed by atoms with Gasteiger partial charge in [0.2, 0.25) is 0 Å². The summed E-state index contributed by atoms with van der Waals surface area (Å²) in [6.07, 6.45) is 1.65. The fourth-order valence-corrected chi connectivity index (χ4v) is 3.66. The number of amides is 1. The van der Waals surface area contributed by atoms with Gasteiger partial charge in [0.05, 0.1) is 19.4 Å². The van der Waals surface area contributed by atoms with E-state index in [-0.39, 0.29) is 5.91 Å². The molecule has 154 valence electrons. The lowest BCUT2D eigenvalue weighted by Gasteiger charge is -2.28. The SMILES string of the molecule is Cc1ccc(C)n1-c1ccc(C(=O)N/N=C/c2ccc(N3CCOCC3)cc2)cc1. The molecule has 1 saturated heterocycles. The highest BCUT2D eigenvalue weighted by molar-refractivity contribution is 5.95. The Hall–Kier alpha value is -3.38. The number of hydrazone groups is 1. The zero-order chi connectivity index (χ0) is 20.9. The molecule has 6 nitrogen and oxygen atoms in total. The first-order chi connectivity index (χ1) is 14.6. The van der Waals surface area contributed by atoms with Crippen LogP contribution in [0, 0.1) is 13.8 Å². The Morgan fingerprint density at radius 1 is 0.900 bits per heavy atom. The molecule has 1 aliphatic heterocycles. The lowest BCUT2D eigenvalue weighted by atomic mass is 10.2. The lowest BCUT2D eigenvalue weighted by Crippen LogP contribution is -2.36. The van der Waals surface area contributed by atoms with Crippen LogP contribution in [0.3, 0.4) is 0 Å². The number of morpholine rings is 1. The molecule has 4 rings (SSSR count). The third-order valence-electron chi connectivity index (χ3n) is 5.31. The van der Waals surface area contributed by atoms with Crippen molar-refractivity contribution in [2.45, 2.75) is 13.8 Å². The molecule has 0 radical (unpaired) electrons. The van der Waals surface area contributed by atoms with Crippen LogP contribution in [0.1, 0.15) is 27.3 Å². The van der Waals surface area contributed by atoms with Gasteiger partial charge in [-0.15, -0.1) is 0 Å². The minimum Gasteiger partial charge on any atom is -0.378 e. The third kappa shape index (κ3) is 4.44. The number of hydrogen-bond acceptors (Lipinski definition) is 4. The van der Waals surface area contributed by atoms with Gasteiger partial charge in [0, 0.05) is 41.4 Å². The van der Waals surface area contributed by atoms with Crippen LogP contribution in [0.4, 0.5) is 5.69 Å². The van der Waals surface area contributed by atoms with Crippen LogP contribution in [0.2, 0.25) is 0 Å². The molecule has 0 bridgehead atoms. The van der Waals surface area contributed by atoms with Crippen LogP contribution < -0.4 is 10.3 Å². The second-order valence-electron chi connectivity index (χ2n) is 7.39. The monoisotopic (exact) mass is 402 g/mol. The smallest absolute Gasteiger partial charge is 0.271 e. The van der Waals surface area contributed by atoms with Crippen molar-refractivity contribution in [2.75, 3.05) is 31.2 Å². The van der Waals surface area contributed by atoms with Gasteiger partial charge in [0.1, 0.15) is 0 Å². The maximum atomic E-state index is 12.4. The third-order valence-corrected chi connectivity index (χ3v) is 5.31. The van der Waals surface area contributed by atoms with E-state index in [9.17, 15) is 4.79 Å². The van der Waals surface area contributed by atoms with Gasteiger partial charge in [-0.25, -0.2) is 5.43 Å². The quantitative estimate of drug-likeness (QED) is 0.523. The molecule has 1 amide bonds. The van der Waals surface area contributed by atoms with E-state index in [1.54, 1.807) is 6.21 Å². The molecular weight excluding hydrogens is 376 g/mol. The van der Waals surface area contributed by atoms with Gasteiger partial charge in [-0.2, -0.15) is 5.10 Å². The molecule has 2 aromatic carbocycles. The molecule has 0 aliphatic carbocycles. The van der Waals surface area contributed by atoms with E-state index in [1.165, 1.54) is 5.69 Å². The van der Waals surface area contributed by atoms with E-state index < -0.39 is 0 Å². The normalized spacial score (nSPS) is 14.3. The fraction of sp³-hybridized carbons (Fsp3) is 0.250. The molecular formula is C24H26N4O2. The number of rotatable bonds is 5. The van der Waals surface area contributed by atoms with Crippen LogP contribution >= 0.6 is 0 Å². The Morgan fingerprint density at radius 3 is 2.13 bits per heavy atom. The Bertz CT molecular complexity index is 1010. The molecule has 30 heavy (non-hydrogen) atoms. The summed E-state index contributed by atoms with van der Waals surface area (Å²) < 4.78 is 7.54. The van der Waals surface area contributed by atoms with Crippen molar-refractivity contribution in [3.05, 3.63) is 83.2 Å². The maximum absolute atomic E-state index is 12.4. The second kappa shape index (κ2) is 8.97. The van der Waals surface area contributed by atoms with E-state index >= 15 is 0 Å². The Kier molecular flexibility index (Phi) is 5.95. The van der Waals surface area contributed by atoms with E-state index in [4.69, 9.17) is 4.74 Å². The first-order valence-electron chi connectivity index (χ1n) is 10.1. The van der Waals surface area contributed by atoms with Crippen LogP contribution in [-0.4, -0.2) is 43.0 Å². The number of ether oxygens (including phenoxy) is 1. The van der Waals surface area contributed by atoms with Crippen molar-refractivity contribution in [3.63, 3.8) is 0 Å². The zero-order valence-corrected chi connectivity index (χ0v) is 17.3. The van der Waals surface area contributed by atoms with Gasteiger partial charge in [0.25, 0.3) is 5.91 Å². The van der Waals surface area contributed by atoms with Crippen molar-refractivity contribution >= 4 is 17.8 Å². The Labute approximate surface area is 176 Å². The average molecular weight is 402 g/mol. The molecule has 0 saturated carbocycles. The molecule has 1 aliphatic rings. The number of carbonyl (C=O) groups is 1. The van der Waals surface area contributed by atoms with Crippen molar-refractivity contribution in [2.24, 2.45) is 5.10 Å². The summed E-state index contributed by atoms with van der Waals surface area (Å²) in [5.41, 5.74) is 8.63. The van der Waals surface area contributed by atoms with Crippen LogP contribution in [0.5, 0.6) is 0 Å². The van der Waals surface area contributed by atoms with Gasteiger partial charge in [-0.3, -0.25) is 4.79 Å². The number of anilines is 1. The largest absolute Gasteiger partial charge is 0.378 e. The molecule has 1 N–H and O–H groups in total. The number of aryl methyl sites for hydroxylation is 2. The summed E-state index contributed by atoms with van der Waals surface area (Å²) in [7, 11) is 0. The molecule has 1 aromatic heterocycles. The number of nitrogens with one attached hydrogen (secondary N) is 1. The highest BCUT2D eigenvalue weighted by Crippen LogP contribution is 2.17. The van der Waals surface area contributed by atoms with E-state index in [0.717, 1.165) is 48.9 Å². The summed E-state index contributed by atoms with van der Waals surface area (Å²) in [5, 5.41) is 4.10. The maximum Gasteiger partial charge on any atom is 0.271 e. The predicted octanol–water partition coefficient (Wildman–Crippen LogP) is 3.69. The van der Waals surface area contributed by atoms with Crippen molar-refractivity contribution in [1.82, 2.24) is 9.99 Å². The van der Waals surface area contributed by atoms with Crippen LogP contribution in [-0.2, 0) is 4.74 Å². The molecule has 0 spiro atoms. The van der Waals surface area contributed by atoms with Gasteiger partial charge in [-0.1, -0.05) is 12.1 Å². The first-order valence-corrected chi connectivity index (χ1v) is 10.1. The van der Waals surface area contributed by atoms with Gasteiger partial charge >= 0.3 is 0 Å². The van der Waals surface area contributed by atoms with Crippen LogP contribution in [0.15, 0.2) is 65.8 Å². The molecule has 0 unspecified atom stereocenters. The molecule has 6 heteroatoms. The minimum atomic E-state index is -0.233. The minimum absolute atomic E-state index is 0.233. The van der Waals surface area contributed by atoms with Crippen molar-refractivity contribution in [3.8, 4) is 5.69 Å². The molecule has 2 heterocycles. The number of aromatic nitrogens is 1. The average Bonchev–Trinajstić information content (AvgIpc) is 3.13. The number of benzene rings is 2. The summed E-state index contributed by atoms with van der Waals surface area (Å²) in [6, 6.07) is 19.8. The van der Waals surface area contributed by atoms with Crippen molar-refractivity contribution < 1.29 is 9.53 Å². The fourth-order valence-electron chi connectivity index (χ4n) is 3.66. The van der Waals surface area contributed by atoms with E-state index in [1.807, 2.05) is 36.4 Å². The topological polar surface area (TPSA) is 58.9 Å². The highest BCUT2D eigenvalue weighted by atomic mass is 16.5. The Balaban J connectivity index is 1.35. The van der Waals surface area contributed by atoms with Gasteiger partial charge < -0.3 is 14.2 Å². The zero-order valence-electron chi connectivity index (χ0n) is 17.3. The molecule has 0 atom stereocenters. The lowest BCUT2D eigenvalue weighted by molar-refractivity contribution is 0.0955. The molecule has 3 aromatic rings. The number of carbonyl (C=O) groups excluding carboxylic acids is 1. The summed E-state index contributed by atoms with van der Waals surface area (Å²) in [5.74, 6) is -0.233. The number of nitrogens with zero attached hydrogens (tertiary/aromatic N) is 3. The first kappa shape index (κ1) is 19.9. The van der Waals surface area contributed by atoms with Gasteiger partial charge in [-0.05, 0) is 67.9 Å².